The normalized spacial score (nSPS) is 9.80. The van der Waals surface area contributed by atoms with Gasteiger partial charge < -0.3 is 4.74 Å². The summed E-state index contributed by atoms with van der Waals surface area (Å²) in [5.74, 6) is 0.461. The third-order valence-electron chi connectivity index (χ3n) is 0.941. The van der Waals surface area contributed by atoms with E-state index in [0.717, 1.165) is 0 Å². The maximum atomic E-state index is 10.2. The van der Waals surface area contributed by atoms with Crippen molar-refractivity contribution < 1.29 is 22.5 Å². The number of halogens is 1. The van der Waals surface area contributed by atoms with Gasteiger partial charge in [0, 0.05) is 11.6 Å². The zero-order valence-electron chi connectivity index (χ0n) is 7.75. The van der Waals surface area contributed by atoms with E-state index in [4.69, 9.17) is 16.2 Å². The monoisotopic (exact) mass is 252 g/mol. The molecule has 0 saturated heterocycles. The molecule has 1 rings (SSSR count). The topological polar surface area (TPSA) is 80.7 Å². The van der Waals surface area contributed by atoms with E-state index in [1.54, 1.807) is 24.3 Å². The Kier molecular flexibility index (Phi) is 5.92. The molecular formula is C8H9ClO5S. The summed E-state index contributed by atoms with van der Waals surface area (Å²) in [7, 11) is -3.67. The molecule has 0 aliphatic rings. The van der Waals surface area contributed by atoms with Crippen LogP contribution in [0.25, 0.3) is 0 Å². The van der Waals surface area contributed by atoms with Crippen LogP contribution in [0.2, 0.25) is 0 Å². The van der Waals surface area contributed by atoms with Gasteiger partial charge in [0.2, 0.25) is 0 Å². The molecule has 1 N–H and O–H groups in total. The van der Waals surface area contributed by atoms with Gasteiger partial charge in [-0.05, 0) is 12.1 Å². The Hall–Kier alpha value is -1.11. The summed E-state index contributed by atoms with van der Waals surface area (Å²) in [6.45, 7) is 0. The summed E-state index contributed by atoms with van der Waals surface area (Å²) in [4.78, 5) is 10.2. The molecule has 0 heterocycles. The second-order valence-electron chi connectivity index (χ2n) is 2.39. The lowest BCUT2D eigenvalue weighted by atomic mass is 10.3. The van der Waals surface area contributed by atoms with Gasteiger partial charge in [-0.25, -0.2) is 4.79 Å². The van der Waals surface area contributed by atoms with Crippen molar-refractivity contribution in [1.82, 2.24) is 0 Å². The summed E-state index contributed by atoms with van der Waals surface area (Å²) in [5.41, 5.74) is -0.814. The number of carbonyl (C=O) groups is 1. The fraction of sp³-hybridized carbons (Fsp3) is 0.125. The van der Waals surface area contributed by atoms with Crippen LogP contribution in [-0.2, 0) is 10.1 Å². The highest BCUT2D eigenvalue weighted by Gasteiger charge is 1.95. The van der Waals surface area contributed by atoms with Gasteiger partial charge in [0.1, 0.15) is 5.75 Å². The molecule has 7 heteroatoms. The Labute approximate surface area is 92.4 Å². The highest BCUT2D eigenvalue weighted by molar-refractivity contribution is 7.85. The number of rotatable bonds is 1. The molecule has 1 aromatic carbocycles. The van der Waals surface area contributed by atoms with Gasteiger partial charge in [0.05, 0.1) is 6.26 Å². The molecule has 0 amide bonds. The number of hydrogen-bond donors (Lipinski definition) is 1. The van der Waals surface area contributed by atoms with Crippen LogP contribution in [-0.4, -0.2) is 24.7 Å². The molecule has 5 nitrogen and oxygen atoms in total. The van der Waals surface area contributed by atoms with Crippen molar-refractivity contribution in [1.29, 1.82) is 0 Å². The lowest BCUT2D eigenvalue weighted by Crippen LogP contribution is -1.94. The van der Waals surface area contributed by atoms with E-state index < -0.39 is 15.5 Å². The molecule has 84 valence electrons. The number of ether oxygens (including phenoxy) is 1. The Morgan fingerprint density at radius 1 is 1.33 bits per heavy atom. The molecule has 0 fully saturated rings. The number of para-hydroxylation sites is 1. The number of benzene rings is 1. The Morgan fingerprint density at radius 3 is 2.07 bits per heavy atom. The maximum absolute atomic E-state index is 10.2. The average Bonchev–Trinajstić information content (AvgIpc) is 2.01. The largest absolute Gasteiger partial charge is 0.415 e. The van der Waals surface area contributed by atoms with Crippen LogP contribution in [0.4, 0.5) is 4.79 Å². The van der Waals surface area contributed by atoms with Crippen LogP contribution in [0, 0.1) is 0 Å². The van der Waals surface area contributed by atoms with Crippen molar-refractivity contribution in [2.45, 2.75) is 0 Å². The van der Waals surface area contributed by atoms with Crippen molar-refractivity contribution in [3.05, 3.63) is 30.3 Å². The minimum atomic E-state index is -3.67. The standard InChI is InChI=1S/C7H5ClO2.CH4O3S/c8-7(9)10-6-4-2-1-3-5-6;1-5(2,3)4/h1-5H;1H3,(H,2,3,4). The lowest BCUT2D eigenvalue weighted by molar-refractivity contribution is 0.225. The van der Waals surface area contributed by atoms with E-state index in [0.29, 0.717) is 12.0 Å². The van der Waals surface area contributed by atoms with Gasteiger partial charge in [-0.1, -0.05) is 18.2 Å². The van der Waals surface area contributed by atoms with E-state index in [-0.39, 0.29) is 0 Å². The second-order valence-corrected chi connectivity index (χ2v) is 4.16. The molecule has 1 aromatic rings. The quantitative estimate of drug-likeness (QED) is 0.610. The van der Waals surface area contributed by atoms with Gasteiger partial charge in [-0.2, -0.15) is 8.42 Å². The molecule has 15 heavy (non-hydrogen) atoms. The van der Waals surface area contributed by atoms with Crippen molar-refractivity contribution in [2.24, 2.45) is 0 Å². The van der Waals surface area contributed by atoms with Gasteiger partial charge in [0.25, 0.3) is 10.1 Å². The summed E-state index contributed by atoms with van der Waals surface area (Å²) < 4.78 is 30.4. The predicted octanol–water partition coefficient (Wildman–Crippen LogP) is 1.93. The first-order valence-electron chi connectivity index (χ1n) is 3.64. The van der Waals surface area contributed by atoms with Crippen LogP contribution < -0.4 is 4.74 Å². The minimum Gasteiger partial charge on any atom is -0.415 e. The van der Waals surface area contributed by atoms with Crippen molar-refractivity contribution >= 4 is 27.1 Å². The van der Waals surface area contributed by atoms with E-state index in [9.17, 15) is 13.2 Å². The highest BCUT2D eigenvalue weighted by atomic mass is 35.5. The van der Waals surface area contributed by atoms with E-state index in [1.165, 1.54) is 0 Å². The number of carbonyl (C=O) groups excluding carboxylic acids is 1. The zero-order chi connectivity index (χ0) is 11.9. The minimum absolute atomic E-state index is 0.461. The smallest absolute Gasteiger partial charge is 0.409 e. The fourth-order valence-corrected chi connectivity index (χ4v) is 0.670. The van der Waals surface area contributed by atoms with Crippen molar-refractivity contribution in [3.63, 3.8) is 0 Å². The van der Waals surface area contributed by atoms with E-state index >= 15 is 0 Å². The summed E-state index contributed by atoms with van der Waals surface area (Å²) in [6.07, 6.45) is 0.715. The molecule has 0 aliphatic heterocycles. The third kappa shape index (κ3) is 12.9. The molecule has 0 atom stereocenters. The SMILES string of the molecule is CS(=O)(=O)O.O=C(Cl)Oc1ccccc1. The summed E-state index contributed by atoms with van der Waals surface area (Å²) >= 11 is 4.95. The van der Waals surface area contributed by atoms with Crippen molar-refractivity contribution in [3.8, 4) is 5.75 Å². The Balaban J connectivity index is 0.000000336. The van der Waals surface area contributed by atoms with Gasteiger partial charge in [-0.15, -0.1) is 0 Å². The van der Waals surface area contributed by atoms with Gasteiger partial charge in [0.15, 0.2) is 0 Å². The van der Waals surface area contributed by atoms with Gasteiger partial charge in [-0.3, -0.25) is 4.55 Å². The van der Waals surface area contributed by atoms with Crippen LogP contribution in [0.1, 0.15) is 0 Å². The van der Waals surface area contributed by atoms with Crippen LogP contribution in [0.3, 0.4) is 0 Å². The second kappa shape index (κ2) is 6.39. The summed E-state index contributed by atoms with van der Waals surface area (Å²) in [5, 5.41) is 0. The molecule has 0 radical (unpaired) electrons. The molecule has 0 aromatic heterocycles. The van der Waals surface area contributed by atoms with Crippen molar-refractivity contribution in [2.75, 3.05) is 6.26 Å². The molecule has 0 spiro atoms. The van der Waals surface area contributed by atoms with Gasteiger partial charge >= 0.3 is 5.43 Å². The first-order chi connectivity index (χ1) is 6.79. The molecular weight excluding hydrogens is 244 g/mol. The van der Waals surface area contributed by atoms with Crippen LogP contribution >= 0.6 is 11.6 Å². The lowest BCUT2D eigenvalue weighted by Gasteiger charge is -1.95. The van der Waals surface area contributed by atoms with Crippen LogP contribution in [0.5, 0.6) is 5.75 Å². The molecule has 0 saturated carbocycles. The Bertz CT molecular complexity index is 392. The molecule has 0 aliphatic carbocycles. The molecule has 0 bridgehead atoms. The Morgan fingerprint density at radius 2 is 1.73 bits per heavy atom. The third-order valence-corrected chi connectivity index (χ3v) is 1.02. The zero-order valence-corrected chi connectivity index (χ0v) is 9.33. The average molecular weight is 253 g/mol. The van der Waals surface area contributed by atoms with Crippen LogP contribution in [0.15, 0.2) is 30.3 Å². The van der Waals surface area contributed by atoms with E-state index in [2.05, 4.69) is 4.74 Å². The maximum Gasteiger partial charge on any atom is 0.409 e. The number of hydrogen-bond acceptors (Lipinski definition) is 4. The fourth-order valence-electron chi connectivity index (χ4n) is 0.581. The summed E-state index contributed by atoms with van der Waals surface area (Å²) in [6, 6.07) is 8.65. The first kappa shape index (κ1) is 13.9. The first-order valence-corrected chi connectivity index (χ1v) is 5.86. The van der Waals surface area contributed by atoms with E-state index in [1.807, 2.05) is 6.07 Å². The predicted molar refractivity (Wildman–Crippen MR) is 55.8 cm³/mol. The highest BCUT2D eigenvalue weighted by Crippen LogP contribution is 2.09. The molecule has 0 unspecified atom stereocenters.